The molecule has 18 heavy (non-hydrogen) atoms. The summed E-state index contributed by atoms with van der Waals surface area (Å²) >= 11 is 5.11. The van der Waals surface area contributed by atoms with E-state index in [0.717, 1.165) is 0 Å². The summed E-state index contributed by atoms with van der Waals surface area (Å²) in [6.07, 6.45) is 1.70. The topological polar surface area (TPSA) is 88.7 Å². The SMILES string of the molecule is CCOC(=O)Cn1c(=S)[nH]c2nn(C)cc2c1=N. The van der Waals surface area contributed by atoms with Crippen molar-refractivity contribution >= 4 is 29.2 Å². The number of H-pyrrole nitrogens is 1. The molecule has 7 nitrogen and oxygen atoms in total. The van der Waals surface area contributed by atoms with Gasteiger partial charge in [0.25, 0.3) is 0 Å². The molecule has 8 heteroatoms. The van der Waals surface area contributed by atoms with E-state index in [1.165, 1.54) is 4.57 Å². The molecule has 0 fully saturated rings. The summed E-state index contributed by atoms with van der Waals surface area (Å²) in [7, 11) is 1.76. The van der Waals surface area contributed by atoms with Crippen LogP contribution in [-0.2, 0) is 23.1 Å². The number of hydrogen-bond acceptors (Lipinski definition) is 5. The van der Waals surface area contributed by atoms with Crippen molar-refractivity contribution < 1.29 is 9.53 Å². The second-order valence-corrected chi connectivity index (χ2v) is 4.12. The zero-order valence-corrected chi connectivity index (χ0v) is 10.9. The monoisotopic (exact) mass is 267 g/mol. The van der Waals surface area contributed by atoms with Gasteiger partial charge in [-0.05, 0) is 19.1 Å². The molecule has 0 unspecified atom stereocenters. The minimum atomic E-state index is -0.418. The molecule has 2 aromatic rings. The van der Waals surface area contributed by atoms with Crippen molar-refractivity contribution in [2.24, 2.45) is 7.05 Å². The predicted molar refractivity (Wildman–Crippen MR) is 66.4 cm³/mol. The number of nitrogens with zero attached hydrogens (tertiary/aromatic N) is 3. The van der Waals surface area contributed by atoms with Gasteiger partial charge in [0.2, 0.25) is 0 Å². The molecule has 0 saturated heterocycles. The summed E-state index contributed by atoms with van der Waals surface area (Å²) in [6.45, 7) is 1.96. The second kappa shape index (κ2) is 4.73. The van der Waals surface area contributed by atoms with Gasteiger partial charge < -0.3 is 9.72 Å². The molecular formula is C10H13N5O2S. The number of aromatic amines is 1. The molecule has 0 aliphatic rings. The average molecular weight is 267 g/mol. The number of hydrogen-bond donors (Lipinski definition) is 2. The Morgan fingerprint density at radius 2 is 2.39 bits per heavy atom. The van der Waals surface area contributed by atoms with Crippen molar-refractivity contribution in [2.45, 2.75) is 13.5 Å². The lowest BCUT2D eigenvalue weighted by molar-refractivity contribution is -0.143. The van der Waals surface area contributed by atoms with Crippen molar-refractivity contribution in [1.29, 1.82) is 5.41 Å². The maximum absolute atomic E-state index is 11.5. The number of rotatable bonds is 3. The summed E-state index contributed by atoms with van der Waals surface area (Å²) in [4.78, 5) is 14.3. The highest BCUT2D eigenvalue weighted by Crippen LogP contribution is 2.03. The molecule has 0 spiro atoms. The number of fused-ring (bicyclic) bond motifs is 1. The lowest BCUT2D eigenvalue weighted by Gasteiger charge is -2.06. The molecule has 2 rings (SSSR count). The molecule has 96 valence electrons. The Hall–Kier alpha value is -1.96. The molecule has 2 heterocycles. The smallest absolute Gasteiger partial charge is 0.326 e. The number of carbonyl (C=O) groups excluding carboxylic acids is 1. The minimum absolute atomic E-state index is 0.0765. The minimum Gasteiger partial charge on any atom is -0.465 e. The molecule has 0 amide bonds. The summed E-state index contributed by atoms with van der Waals surface area (Å²) in [6, 6.07) is 0. The van der Waals surface area contributed by atoms with Gasteiger partial charge in [-0.1, -0.05) is 0 Å². The van der Waals surface area contributed by atoms with Gasteiger partial charge in [-0.2, -0.15) is 5.10 Å². The molecule has 2 N–H and O–H groups in total. The molecular weight excluding hydrogens is 254 g/mol. The van der Waals surface area contributed by atoms with Crippen LogP contribution < -0.4 is 5.49 Å². The van der Waals surface area contributed by atoms with Gasteiger partial charge in [-0.25, -0.2) is 0 Å². The fourth-order valence-electron chi connectivity index (χ4n) is 1.66. The van der Waals surface area contributed by atoms with E-state index < -0.39 is 5.97 Å². The highest BCUT2D eigenvalue weighted by atomic mass is 32.1. The van der Waals surface area contributed by atoms with Crippen LogP contribution in [0.1, 0.15) is 6.92 Å². The van der Waals surface area contributed by atoms with E-state index in [1.54, 1.807) is 24.9 Å². The molecule has 0 radical (unpaired) electrons. The molecule has 0 atom stereocenters. The highest BCUT2D eigenvalue weighted by Gasteiger charge is 2.09. The van der Waals surface area contributed by atoms with Crippen LogP contribution in [0.4, 0.5) is 0 Å². The third kappa shape index (κ3) is 2.19. The van der Waals surface area contributed by atoms with E-state index in [1.807, 2.05) is 0 Å². The van der Waals surface area contributed by atoms with Gasteiger partial charge in [0.1, 0.15) is 12.0 Å². The molecule has 0 aliphatic heterocycles. The van der Waals surface area contributed by atoms with Crippen LogP contribution in [0.5, 0.6) is 0 Å². The quantitative estimate of drug-likeness (QED) is 0.625. The van der Waals surface area contributed by atoms with E-state index in [-0.39, 0.29) is 16.8 Å². The first-order chi connectivity index (χ1) is 8.52. The first-order valence-electron chi connectivity index (χ1n) is 5.39. The molecule has 0 aliphatic carbocycles. The van der Waals surface area contributed by atoms with Crippen LogP contribution in [0.15, 0.2) is 6.20 Å². The zero-order chi connectivity index (χ0) is 13.3. The fraction of sp³-hybridized carbons (Fsp3) is 0.400. The lowest BCUT2D eigenvalue weighted by atomic mass is 10.4. The third-order valence-electron chi connectivity index (χ3n) is 2.42. The van der Waals surface area contributed by atoms with Crippen LogP contribution in [-0.4, -0.2) is 31.9 Å². The Morgan fingerprint density at radius 3 is 3.06 bits per heavy atom. The number of aryl methyl sites for hydroxylation is 1. The summed E-state index contributed by atoms with van der Waals surface area (Å²) in [5.41, 5.74) is 0.683. The van der Waals surface area contributed by atoms with Crippen LogP contribution in [0.25, 0.3) is 11.0 Å². The second-order valence-electron chi connectivity index (χ2n) is 3.73. The summed E-state index contributed by atoms with van der Waals surface area (Å²) < 4.78 is 8.10. The predicted octanol–water partition coefficient (Wildman–Crippen LogP) is 0.475. The molecule has 2 aromatic heterocycles. The lowest BCUT2D eigenvalue weighted by Crippen LogP contribution is -2.26. The van der Waals surface area contributed by atoms with Crippen molar-refractivity contribution in [2.75, 3.05) is 6.61 Å². The van der Waals surface area contributed by atoms with E-state index in [9.17, 15) is 4.79 Å². The summed E-state index contributed by atoms with van der Waals surface area (Å²) in [5.74, 6) is -0.418. The van der Waals surface area contributed by atoms with Gasteiger partial charge in [-0.3, -0.25) is 19.5 Å². The van der Waals surface area contributed by atoms with E-state index in [0.29, 0.717) is 17.6 Å². The van der Waals surface area contributed by atoms with Crippen molar-refractivity contribution in [1.82, 2.24) is 19.3 Å². The Morgan fingerprint density at radius 1 is 1.67 bits per heavy atom. The molecule has 0 bridgehead atoms. The van der Waals surface area contributed by atoms with Gasteiger partial charge in [0.05, 0.1) is 12.0 Å². The van der Waals surface area contributed by atoms with E-state index >= 15 is 0 Å². The number of aromatic nitrogens is 4. The highest BCUT2D eigenvalue weighted by molar-refractivity contribution is 7.71. The Balaban J connectivity index is 2.54. The van der Waals surface area contributed by atoms with Gasteiger partial charge in [0.15, 0.2) is 10.4 Å². The molecule has 0 aromatic carbocycles. The normalized spacial score (nSPS) is 10.8. The van der Waals surface area contributed by atoms with Crippen molar-refractivity contribution in [3.05, 3.63) is 16.5 Å². The van der Waals surface area contributed by atoms with Gasteiger partial charge in [0, 0.05) is 13.2 Å². The van der Waals surface area contributed by atoms with E-state index in [2.05, 4.69) is 10.1 Å². The Labute approximate surface area is 108 Å². The van der Waals surface area contributed by atoms with Gasteiger partial charge >= 0.3 is 5.97 Å². The largest absolute Gasteiger partial charge is 0.465 e. The van der Waals surface area contributed by atoms with Gasteiger partial charge in [-0.15, -0.1) is 0 Å². The average Bonchev–Trinajstić information content (AvgIpc) is 2.65. The number of carbonyl (C=O) groups is 1. The zero-order valence-electron chi connectivity index (χ0n) is 10.1. The first-order valence-corrected chi connectivity index (χ1v) is 5.80. The number of ether oxygens (including phenoxy) is 1. The Bertz CT molecular complexity index is 711. The fourth-order valence-corrected chi connectivity index (χ4v) is 1.91. The van der Waals surface area contributed by atoms with E-state index in [4.69, 9.17) is 22.4 Å². The maximum Gasteiger partial charge on any atom is 0.326 e. The van der Waals surface area contributed by atoms with Crippen LogP contribution in [0.2, 0.25) is 0 Å². The third-order valence-corrected chi connectivity index (χ3v) is 2.74. The Kier molecular flexibility index (Phi) is 3.28. The maximum atomic E-state index is 11.5. The summed E-state index contributed by atoms with van der Waals surface area (Å²) in [5, 5.41) is 12.8. The van der Waals surface area contributed by atoms with Crippen LogP contribution >= 0.6 is 12.2 Å². The first kappa shape index (κ1) is 12.5. The standard InChI is InChI=1S/C10H13N5O2S/c1-3-17-7(16)5-15-8(11)6-4-14(2)13-9(6)12-10(15)18/h4,11H,3,5H2,1-2H3,(H,12,13,18). The van der Waals surface area contributed by atoms with Crippen LogP contribution in [0.3, 0.4) is 0 Å². The number of nitrogens with one attached hydrogen (secondary N) is 2. The van der Waals surface area contributed by atoms with Crippen molar-refractivity contribution in [3.8, 4) is 0 Å². The number of esters is 1. The van der Waals surface area contributed by atoms with Crippen molar-refractivity contribution in [3.63, 3.8) is 0 Å². The van der Waals surface area contributed by atoms with Crippen LogP contribution in [0, 0.1) is 10.2 Å². The molecule has 0 saturated carbocycles.